The van der Waals surface area contributed by atoms with E-state index in [1.165, 1.54) is 6.92 Å². The summed E-state index contributed by atoms with van der Waals surface area (Å²) in [6.07, 6.45) is -4.70. The molecule has 0 aliphatic carbocycles. The number of nitrogens with zero attached hydrogens (tertiary/aromatic N) is 5. The molecule has 2 aromatic heterocycles. The minimum absolute atomic E-state index is 0.0606. The van der Waals surface area contributed by atoms with Gasteiger partial charge in [-0.3, -0.25) is 4.79 Å². The molecule has 0 unspecified atom stereocenters. The fourth-order valence-electron chi connectivity index (χ4n) is 3.45. The SMILES string of the molecule is CCC(=O)NS(=O)(=O)c1ccc(-n2nc(C(F)(F)F)c(C#N)c2N2C[C@@H](C)O[C@@H](C)C2)nc1. The van der Waals surface area contributed by atoms with E-state index in [2.05, 4.69) is 10.1 Å². The Labute approximate surface area is 188 Å². The van der Waals surface area contributed by atoms with Gasteiger partial charge in [0.05, 0.1) is 12.2 Å². The minimum atomic E-state index is -4.90. The van der Waals surface area contributed by atoms with E-state index in [9.17, 15) is 31.6 Å². The molecule has 0 aromatic carbocycles. The normalized spacial score (nSPS) is 19.2. The lowest BCUT2D eigenvalue weighted by molar-refractivity contribution is -0.141. The van der Waals surface area contributed by atoms with Gasteiger partial charge >= 0.3 is 6.18 Å². The predicted octanol–water partition coefficient (Wildman–Crippen LogP) is 1.99. The molecule has 0 spiro atoms. The first-order chi connectivity index (χ1) is 15.4. The molecule has 0 saturated carbocycles. The second-order valence-corrected chi connectivity index (χ2v) is 9.15. The number of morpholine rings is 1. The zero-order chi connectivity index (χ0) is 24.6. The molecule has 2 atom stereocenters. The number of amides is 1. The Bertz CT molecular complexity index is 1180. The van der Waals surface area contributed by atoms with Crippen LogP contribution in [0.15, 0.2) is 23.2 Å². The van der Waals surface area contributed by atoms with Crippen LogP contribution in [0.4, 0.5) is 19.0 Å². The highest BCUT2D eigenvalue weighted by Gasteiger charge is 2.42. The quantitative estimate of drug-likeness (QED) is 0.679. The van der Waals surface area contributed by atoms with E-state index >= 15 is 0 Å². The van der Waals surface area contributed by atoms with Crippen molar-refractivity contribution in [1.29, 1.82) is 5.26 Å². The molecule has 1 fully saturated rings. The van der Waals surface area contributed by atoms with Crippen LogP contribution in [-0.2, 0) is 25.7 Å². The van der Waals surface area contributed by atoms with E-state index in [4.69, 9.17) is 4.74 Å². The molecule has 178 valence electrons. The van der Waals surface area contributed by atoms with Crippen molar-refractivity contribution in [3.8, 4) is 11.9 Å². The number of hydrogen-bond donors (Lipinski definition) is 1. The highest BCUT2D eigenvalue weighted by atomic mass is 32.2. The Hall–Kier alpha value is -3.18. The van der Waals surface area contributed by atoms with Crippen molar-refractivity contribution in [3.63, 3.8) is 0 Å². The summed E-state index contributed by atoms with van der Waals surface area (Å²) in [6.45, 7) is 5.39. The molecule has 0 bridgehead atoms. The van der Waals surface area contributed by atoms with Crippen LogP contribution in [0.5, 0.6) is 0 Å². The number of nitriles is 1. The highest BCUT2D eigenvalue weighted by molar-refractivity contribution is 7.90. The summed E-state index contributed by atoms with van der Waals surface area (Å²) in [4.78, 5) is 16.6. The van der Waals surface area contributed by atoms with E-state index in [1.807, 2.05) is 4.72 Å². The van der Waals surface area contributed by atoms with Crippen molar-refractivity contribution >= 4 is 21.7 Å². The van der Waals surface area contributed by atoms with Crippen molar-refractivity contribution in [3.05, 3.63) is 29.6 Å². The third-order valence-corrected chi connectivity index (χ3v) is 6.14. The molecule has 3 rings (SSSR count). The van der Waals surface area contributed by atoms with Gasteiger partial charge < -0.3 is 9.64 Å². The topological polar surface area (TPSA) is 130 Å². The van der Waals surface area contributed by atoms with Gasteiger partial charge in [-0.1, -0.05) is 6.92 Å². The Morgan fingerprint density at radius 1 is 1.30 bits per heavy atom. The van der Waals surface area contributed by atoms with Crippen LogP contribution in [0.1, 0.15) is 38.4 Å². The van der Waals surface area contributed by atoms with Crippen molar-refractivity contribution in [2.24, 2.45) is 0 Å². The van der Waals surface area contributed by atoms with E-state index in [0.29, 0.717) is 0 Å². The van der Waals surface area contributed by atoms with E-state index in [1.54, 1.807) is 24.8 Å². The average molecular weight is 486 g/mol. The first-order valence-corrected chi connectivity index (χ1v) is 11.4. The van der Waals surface area contributed by atoms with Crippen LogP contribution in [-0.4, -0.2) is 54.4 Å². The Morgan fingerprint density at radius 2 is 1.94 bits per heavy atom. The summed E-state index contributed by atoms with van der Waals surface area (Å²) < 4.78 is 73.8. The van der Waals surface area contributed by atoms with Crippen LogP contribution in [0.2, 0.25) is 0 Å². The van der Waals surface area contributed by atoms with Crippen LogP contribution >= 0.6 is 0 Å². The Balaban J connectivity index is 2.12. The molecular weight excluding hydrogens is 465 g/mol. The van der Waals surface area contributed by atoms with Crippen LogP contribution in [0.3, 0.4) is 0 Å². The van der Waals surface area contributed by atoms with Crippen molar-refractivity contribution in [1.82, 2.24) is 19.5 Å². The van der Waals surface area contributed by atoms with Gasteiger partial charge in [-0.15, -0.1) is 0 Å². The van der Waals surface area contributed by atoms with Crippen molar-refractivity contribution < 1.29 is 31.1 Å². The lowest BCUT2D eigenvalue weighted by Gasteiger charge is -2.36. The fraction of sp³-hybridized carbons (Fsp3) is 0.474. The van der Waals surface area contributed by atoms with E-state index in [0.717, 1.165) is 23.0 Å². The molecule has 10 nitrogen and oxygen atoms in total. The van der Waals surface area contributed by atoms with Gasteiger partial charge in [0.2, 0.25) is 5.91 Å². The number of sulfonamides is 1. The fourth-order valence-corrected chi connectivity index (χ4v) is 4.45. The van der Waals surface area contributed by atoms with Crippen molar-refractivity contribution in [2.75, 3.05) is 18.0 Å². The monoisotopic (exact) mass is 486 g/mol. The number of hydrogen-bond acceptors (Lipinski definition) is 8. The van der Waals surface area contributed by atoms with Gasteiger partial charge in [-0.05, 0) is 26.0 Å². The summed E-state index contributed by atoms with van der Waals surface area (Å²) in [5, 5.41) is 13.1. The third-order valence-electron chi connectivity index (χ3n) is 4.78. The van der Waals surface area contributed by atoms with Gasteiger partial charge in [0, 0.05) is 25.7 Å². The van der Waals surface area contributed by atoms with E-state index in [-0.39, 0.29) is 48.2 Å². The maximum atomic E-state index is 13.6. The molecule has 14 heteroatoms. The first kappa shape index (κ1) is 24.5. The third kappa shape index (κ3) is 5.09. The second kappa shape index (κ2) is 8.99. The van der Waals surface area contributed by atoms with Gasteiger partial charge in [-0.2, -0.15) is 28.2 Å². The van der Waals surface area contributed by atoms with Crippen LogP contribution in [0.25, 0.3) is 5.82 Å². The Morgan fingerprint density at radius 3 is 2.42 bits per heavy atom. The summed E-state index contributed by atoms with van der Waals surface area (Å²) >= 11 is 0. The molecule has 0 radical (unpaired) electrons. The van der Waals surface area contributed by atoms with Gasteiger partial charge in [0.15, 0.2) is 17.3 Å². The average Bonchev–Trinajstić information content (AvgIpc) is 3.13. The van der Waals surface area contributed by atoms with Crippen molar-refractivity contribution in [2.45, 2.75) is 50.5 Å². The lowest BCUT2D eigenvalue weighted by Crippen LogP contribution is -2.46. The van der Waals surface area contributed by atoms with Gasteiger partial charge in [0.1, 0.15) is 16.5 Å². The molecule has 1 amide bonds. The molecular formula is C19H21F3N6O4S. The largest absolute Gasteiger partial charge is 0.436 e. The summed E-state index contributed by atoms with van der Waals surface area (Å²) in [7, 11) is -4.20. The maximum absolute atomic E-state index is 13.6. The summed E-state index contributed by atoms with van der Waals surface area (Å²) in [5.41, 5.74) is -2.04. The molecule has 1 aliphatic heterocycles. The molecule has 33 heavy (non-hydrogen) atoms. The molecule has 1 aliphatic rings. The minimum Gasteiger partial charge on any atom is -0.372 e. The van der Waals surface area contributed by atoms with Gasteiger partial charge in [-0.25, -0.2) is 18.1 Å². The lowest BCUT2D eigenvalue weighted by atomic mass is 10.2. The number of halogens is 3. The zero-order valence-corrected chi connectivity index (χ0v) is 18.7. The standard InChI is InChI=1S/C19H21F3N6O4S/c1-4-16(29)26-33(30,31)13-5-6-15(24-8-13)28-18(27-9-11(2)32-12(3)10-27)14(7-23)17(25-28)19(20,21)22/h5-6,8,11-12H,4,9-10H2,1-3H3,(H,26,29)/t11-,12+. The number of rotatable bonds is 5. The molecule has 3 heterocycles. The number of pyridine rings is 1. The first-order valence-electron chi connectivity index (χ1n) is 9.90. The summed E-state index contributed by atoms with van der Waals surface area (Å²) in [5.74, 6) is -0.976. The number of aromatic nitrogens is 3. The van der Waals surface area contributed by atoms with Crippen LogP contribution in [0, 0.1) is 11.3 Å². The highest BCUT2D eigenvalue weighted by Crippen LogP contribution is 2.37. The van der Waals surface area contributed by atoms with Gasteiger partial charge in [0.25, 0.3) is 10.0 Å². The number of carbonyl (C=O) groups is 1. The molecule has 2 aromatic rings. The number of anilines is 1. The number of nitrogens with one attached hydrogen (secondary N) is 1. The number of ether oxygens (including phenoxy) is 1. The smallest absolute Gasteiger partial charge is 0.372 e. The predicted molar refractivity (Wildman–Crippen MR) is 109 cm³/mol. The van der Waals surface area contributed by atoms with Crippen LogP contribution < -0.4 is 9.62 Å². The number of alkyl halides is 3. The summed E-state index contributed by atoms with van der Waals surface area (Å²) in [6, 6.07) is 3.83. The maximum Gasteiger partial charge on any atom is 0.436 e. The molecule has 1 N–H and O–H groups in total. The van der Waals surface area contributed by atoms with E-state index < -0.39 is 33.4 Å². The zero-order valence-electron chi connectivity index (χ0n) is 17.9. The number of carbonyl (C=O) groups excluding carboxylic acids is 1. The Kier molecular flexibility index (Phi) is 6.66. The molecule has 1 saturated heterocycles. The second-order valence-electron chi connectivity index (χ2n) is 7.47.